The van der Waals surface area contributed by atoms with Crippen LogP contribution in [-0.4, -0.2) is 37.8 Å². The summed E-state index contributed by atoms with van der Waals surface area (Å²) < 4.78 is 39.6. The summed E-state index contributed by atoms with van der Waals surface area (Å²) in [4.78, 5) is 28.2. The zero-order valence-corrected chi connectivity index (χ0v) is 19.9. The minimum absolute atomic E-state index is 0.00127. The average molecular weight is 504 g/mol. The molecule has 9 heteroatoms. The van der Waals surface area contributed by atoms with Crippen LogP contribution in [0.25, 0.3) is 22.0 Å². The van der Waals surface area contributed by atoms with Gasteiger partial charge in [0.2, 0.25) is 0 Å². The Morgan fingerprint density at radius 3 is 2.51 bits per heavy atom. The van der Waals surface area contributed by atoms with Crippen molar-refractivity contribution < 1.29 is 18.0 Å². The smallest absolute Gasteiger partial charge is 0.367 e. The second-order valence-electron chi connectivity index (χ2n) is 9.65. The molecule has 2 aromatic heterocycles. The van der Waals surface area contributed by atoms with Crippen LogP contribution >= 0.6 is 0 Å². The van der Waals surface area contributed by atoms with Gasteiger partial charge < -0.3 is 10.2 Å². The molecule has 2 saturated carbocycles. The van der Waals surface area contributed by atoms with Gasteiger partial charge in [-0.2, -0.15) is 13.2 Å². The van der Waals surface area contributed by atoms with E-state index in [2.05, 4.69) is 20.3 Å². The van der Waals surface area contributed by atoms with Gasteiger partial charge in [0.25, 0.3) is 5.91 Å². The van der Waals surface area contributed by atoms with Crippen molar-refractivity contribution in [3.05, 3.63) is 83.9 Å². The number of aromatic nitrogens is 3. The molecule has 2 heterocycles. The Hall–Kier alpha value is -4.01. The standard InChI is InChI=1S/C28H24F3N5O/c29-28(30,31)20-3-1-2-19(12-20)27(37)36(23-7-8-23)15-22-13-18(10-11-32-22)17-4-9-25-24(14-17)26(34-16-33-25)35-21-5-6-21/h1-4,9-14,16,21,23H,5-8,15H2,(H,33,34,35). The number of hydrogen-bond acceptors (Lipinski definition) is 5. The van der Waals surface area contributed by atoms with Crippen LogP contribution in [-0.2, 0) is 12.7 Å². The molecule has 2 fully saturated rings. The maximum Gasteiger partial charge on any atom is 0.416 e. The van der Waals surface area contributed by atoms with E-state index in [9.17, 15) is 18.0 Å². The fraction of sp³-hybridized carbons (Fsp3) is 0.286. The van der Waals surface area contributed by atoms with E-state index in [1.807, 2.05) is 30.3 Å². The topological polar surface area (TPSA) is 71.0 Å². The first kappa shape index (κ1) is 23.4. The Kier molecular flexibility index (Phi) is 5.78. The molecule has 1 N–H and O–H groups in total. The Balaban J connectivity index is 1.27. The second kappa shape index (κ2) is 9.14. The van der Waals surface area contributed by atoms with Gasteiger partial charge in [0, 0.05) is 29.2 Å². The fourth-order valence-corrected chi connectivity index (χ4v) is 4.44. The van der Waals surface area contributed by atoms with Gasteiger partial charge in [-0.25, -0.2) is 9.97 Å². The Bertz CT molecular complexity index is 1480. The first-order chi connectivity index (χ1) is 17.8. The van der Waals surface area contributed by atoms with Gasteiger partial charge in [-0.15, -0.1) is 0 Å². The predicted molar refractivity (Wildman–Crippen MR) is 134 cm³/mol. The number of amides is 1. The monoisotopic (exact) mass is 503 g/mol. The molecular formula is C28H24F3N5O. The molecular weight excluding hydrogens is 479 g/mol. The molecule has 2 aliphatic carbocycles. The minimum atomic E-state index is -4.50. The fourth-order valence-electron chi connectivity index (χ4n) is 4.44. The molecule has 0 unspecified atom stereocenters. The van der Waals surface area contributed by atoms with E-state index in [-0.39, 0.29) is 18.2 Å². The summed E-state index contributed by atoms with van der Waals surface area (Å²) >= 11 is 0. The molecule has 6 nitrogen and oxygen atoms in total. The van der Waals surface area contributed by atoms with Crippen molar-refractivity contribution in [1.82, 2.24) is 19.9 Å². The average Bonchev–Trinajstić information content (AvgIpc) is 3.82. The van der Waals surface area contributed by atoms with Crippen LogP contribution in [0.1, 0.15) is 47.3 Å². The zero-order chi connectivity index (χ0) is 25.6. The number of hydrogen-bond donors (Lipinski definition) is 1. The first-order valence-corrected chi connectivity index (χ1v) is 12.3. The van der Waals surface area contributed by atoms with E-state index in [0.717, 1.165) is 65.7 Å². The summed E-state index contributed by atoms with van der Waals surface area (Å²) in [5.74, 6) is 0.398. The summed E-state index contributed by atoms with van der Waals surface area (Å²) in [6, 6.07) is 14.9. The summed E-state index contributed by atoms with van der Waals surface area (Å²) in [7, 11) is 0. The van der Waals surface area contributed by atoms with Crippen molar-refractivity contribution in [2.45, 2.75) is 50.5 Å². The highest BCUT2D eigenvalue weighted by atomic mass is 19.4. The molecule has 0 atom stereocenters. The SMILES string of the molecule is O=C(c1cccc(C(F)(F)F)c1)N(Cc1cc(-c2ccc3ncnc(NC4CC4)c3c2)ccn1)C1CC1. The second-order valence-corrected chi connectivity index (χ2v) is 9.65. The minimum Gasteiger partial charge on any atom is -0.367 e. The summed E-state index contributed by atoms with van der Waals surface area (Å²) in [6.45, 7) is 0.221. The van der Waals surface area contributed by atoms with Crippen molar-refractivity contribution in [2.24, 2.45) is 0 Å². The van der Waals surface area contributed by atoms with Crippen LogP contribution < -0.4 is 5.32 Å². The van der Waals surface area contributed by atoms with Crippen LogP contribution in [0.15, 0.2) is 67.1 Å². The number of nitrogens with one attached hydrogen (secondary N) is 1. The van der Waals surface area contributed by atoms with Crippen molar-refractivity contribution in [3.8, 4) is 11.1 Å². The van der Waals surface area contributed by atoms with Crippen molar-refractivity contribution in [1.29, 1.82) is 0 Å². The lowest BCUT2D eigenvalue weighted by atomic mass is 10.0. The predicted octanol–water partition coefficient (Wildman–Crippen LogP) is 6.09. The van der Waals surface area contributed by atoms with Crippen LogP contribution in [0.2, 0.25) is 0 Å². The highest BCUT2D eigenvalue weighted by Gasteiger charge is 2.35. The van der Waals surface area contributed by atoms with Gasteiger partial charge in [-0.1, -0.05) is 12.1 Å². The third kappa shape index (κ3) is 5.12. The van der Waals surface area contributed by atoms with Crippen molar-refractivity contribution in [2.75, 3.05) is 5.32 Å². The third-order valence-electron chi connectivity index (χ3n) is 6.72. The lowest BCUT2D eigenvalue weighted by Crippen LogP contribution is -2.33. The summed E-state index contributed by atoms with van der Waals surface area (Å²) in [5, 5.41) is 4.39. The Morgan fingerprint density at radius 1 is 0.946 bits per heavy atom. The molecule has 4 aromatic rings. The third-order valence-corrected chi connectivity index (χ3v) is 6.72. The molecule has 0 bridgehead atoms. The molecule has 2 aliphatic rings. The molecule has 37 heavy (non-hydrogen) atoms. The Labute approximate surface area is 211 Å². The number of anilines is 1. The van der Waals surface area contributed by atoms with Crippen LogP contribution in [0.4, 0.5) is 19.0 Å². The molecule has 188 valence electrons. The summed E-state index contributed by atoms with van der Waals surface area (Å²) in [6.07, 6.45) is 2.67. The number of halogens is 3. The van der Waals surface area contributed by atoms with Gasteiger partial charge in [-0.3, -0.25) is 9.78 Å². The number of benzene rings is 2. The number of nitrogens with zero attached hydrogens (tertiary/aromatic N) is 4. The molecule has 2 aromatic carbocycles. The molecule has 0 radical (unpaired) electrons. The number of rotatable bonds is 7. The molecule has 1 amide bonds. The molecule has 0 spiro atoms. The lowest BCUT2D eigenvalue weighted by molar-refractivity contribution is -0.137. The van der Waals surface area contributed by atoms with E-state index in [1.165, 1.54) is 12.1 Å². The van der Waals surface area contributed by atoms with Gasteiger partial charge in [-0.05, 0) is 79.3 Å². The van der Waals surface area contributed by atoms with E-state index >= 15 is 0 Å². The number of carbonyl (C=O) groups excluding carboxylic acids is 1. The highest BCUT2D eigenvalue weighted by Crippen LogP contribution is 2.34. The number of fused-ring (bicyclic) bond motifs is 1. The van der Waals surface area contributed by atoms with Crippen molar-refractivity contribution in [3.63, 3.8) is 0 Å². The summed E-state index contributed by atoms with van der Waals surface area (Å²) in [5.41, 5.74) is 2.61. The van der Waals surface area contributed by atoms with Gasteiger partial charge >= 0.3 is 6.18 Å². The van der Waals surface area contributed by atoms with E-state index in [1.54, 1.807) is 17.4 Å². The first-order valence-electron chi connectivity index (χ1n) is 12.3. The maximum atomic E-state index is 13.3. The largest absolute Gasteiger partial charge is 0.416 e. The van der Waals surface area contributed by atoms with Crippen LogP contribution in [0, 0.1) is 0 Å². The molecule has 6 rings (SSSR count). The van der Waals surface area contributed by atoms with Gasteiger partial charge in [0.1, 0.15) is 12.1 Å². The van der Waals surface area contributed by atoms with Crippen molar-refractivity contribution >= 4 is 22.6 Å². The normalized spacial score (nSPS) is 15.5. The zero-order valence-electron chi connectivity index (χ0n) is 19.9. The quantitative estimate of drug-likeness (QED) is 0.331. The van der Waals surface area contributed by atoms with E-state index in [0.29, 0.717) is 11.7 Å². The van der Waals surface area contributed by atoms with Crippen LogP contribution in [0.5, 0.6) is 0 Å². The van der Waals surface area contributed by atoms with Gasteiger partial charge in [0.15, 0.2) is 0 Å². The van der Waals surface area contributed by atoms with E-state index < -0.39 is 17.6 Å². The number of carbonyl (C=O) groups is 1. The maximum absolute atomic E-state index is 13.3. The lowest BCUT2D eigenvalue weighted by Gasteiger charge is -2.23. The Morgan fingerprint density at radius 2 is 1.76 bits per heavy atom. The molecule has 0 aliphatic heterocycles. The molecule has 0 saturated heterocycles. The number of pyridine rings is 1. The number of alkyl halides is 3. The highest BCUT2D eigenvalue weighted by molar-refractivity contribution is 5.95. The van der Waals surface area contributed by atoms with E-state index in [4.69, 9.17) is 0 Å². The van der Waals surface area contributed by atoms with Crippen LogP contribution in [0.3, 0.4) is 0 Å². The van der Waals surface area contributed by atoms with Gasteiger partial charge in [0.05, 0.1) is 23.3 Å².